The van der Waals surface area contributed by atoms with Gasteiger partial charge in [-0.1, -0.05) is 6.58 Å². The van der Waals surface area contributed by atoms with E-state index in [2.05, 4.69) is 11.9 Å². The molecule has 0 aromatic rings. The number of thioether (sulfide) groups is 1. The highest BCUT2D eigenvalue weighted by Crippen LogP contribution is 2.20. The number of nitrogens with one attached hydrogen (secondary N) is 1. The summed E-state index contributed by atoms with van der Waals surface area (Å²) < 4.78 is 0. The monoisotopic (exact) mass is 143 g/mol. The van der Waals surface area contributed by atoms with Crippen molar-refractivity contribution in [2.45, 2.75) is 11.7 Å². The number of allylic oxidation sites excluding steroid dienone is 1. The number of carbonyl (C=O) groups excluding carboxylic acids is 1. The van der Waals surface area contributed by atoms with E-state index < -0.39 is 0 Å². The average molecular weight is 143 g/mol. The molecule has 0 spiro atoms. The van der Waals surface area contributed by atoms with Gasteiger partial charge in [-0.2, -0.15) is 11.8 Å². The fourth-order valence-corrected chi connectivity index (χ4v) is 1.45. The number of hydrogen-bond acceptors (Lipinski definition) is 2. The van der Waals surface area contributed by atoms with Crippen molar-refractivity contribution in [2.24, 2.45) is 0 Å². The summed E-state index contributed by atoms with van der Waals surface area (Å²) in [7, 11) is 0. The second-order valence-corrected chi connectivity index (χ2v) is 3.06. The van der Waals surface area contributed by atoms with Gasteiger partial charge < -0.3 is 5.32 Å². The van der Waals surface area contributed by atoms with Crippen molar-refractivity contribution in [3.63, 3.8) is 0 Å². The summed E-state index contributed by atoms with van der Waals surface area (Å²) in [5, 5.41) is 2.77. The van der Waals surface area contributed by atoms with Gasteiger partial charge in [-0.25, -0.2) is 0 Å². The summed E-state index contributed by atoms with van der Waals surface area (Å²) in [5.41, 5.74) is 0.847. The van der Waals surface area contributed by atoms with Gasteiger partial charge in [0.1, 0.15) is 0 Å². The molecule has 0 bridgehead atoms. The summed E-state index contributed by atoms with van der Waals surface area (Å²) in [5.74, 6) is 0.104. The number of amides is 1. The largest absolute Gasteiger partial charge is 0.329 e. The van der Waals surface area contributed by atoms with E-state index in [0.717, 1.165) is 12.1 Å². The molecule has 0 aromatic heterocycles. The summed E-state index contributed by atoms with van der Waals surface area (Å²) >= 11 is 1.57. The van der Waals surface area contributed by atoms with Gasteiger partial charge in [0.25, 0.3) is 0 Å². The second kappa shape index (κ2) is 2.43. The van der Waals surface area contributed by atoms with Crippen molar-refractivity contribution in [3.8, 4) is 0 Å². The Balaban J connectivity index is 2.58. The molecule has 50 valence electrons. The molecule has 1 atom stereocenters. The van der Waals surface area contributed by atoms with E-state index in [4.69, 9.17) is 0 Å². The molecule has 1 aliphatic heterocycles. The molecule has 1 rings (SSSR count). The summed E-state index contributed by atoms with van der Waals surface area (Å²) in [4.78, 5) is 10.8. The van der Waals surface area contributed by atoms with Crippen molar-refractivity contribution in [1.82, 2.24) is 5.32 Å². The van der Waals surface area contributed by atoms with Crippen LogP contribution in [0.2, 0.25) is 0 Å². The van der Waals surface area contributed by atoms with Crippen molar-refractivity contribution >= 4 is 17.7 Å². The van der Waals surface area contributed by atoms with Crippen LogP contribution in [0.4, 0.5) is 0 Å². The quantitative estimate of drug-likeness (QED) is 0.587. The van der Waals surface area contributed by atoms with Crippen LogP contribution < -0.4 is 5.32 Å². The van der Waals surface area contributed by atoms with Gasteiger partial charge in [0.05, 0.1) is 5.25 Å². The predicted octanol–water partition coefficient (Wildman–Crippen LogP) is 0.752. The third-order valence-electron chi connectivity index (χ3n) is 1.31. The summed E-state index contributed by atoms with van der Waals surface area (Å²) in [6, 6.07) is 0. The first-order valence-corrected chi connectivity index (χ1v) is 4.04. The molecule has 1 unspecified atom stereocenters. The molecule has 0 radical (unpaired) electrons. The molecule has 0 aromatic carbocycles. The molecule has 1 aliphatic rings. The first kappa shape index (κ1) is 6.68. The van der Waals surface area contributed by atoms with E-state index >= 15 is 0 Å². The summed E-state index contributed by atoms with van der Waals surface area (Å²) in [6.45, 7) is 3.66. The topological polar surface area (TPSA) is 29.1 Å². The lowest BCUT2D eigenvalue weighted by atomic mass is 10.3. The van der Waals surface area contributed by atoms with Crippen molar-refractivity contribution in [3.05, 3.63) is 12.3 Å². The van der Waals surface area contributed by atoms with Crippen LogP contribution in [0.15, 0.2) is 12.3 Å². The molecule has 0 aliphatic carbocycles. The highest BCUT2D eigenvalue weighted by atomic mass is 32.2. The lowest BCUT2D eigenvalue weighted by Crippen LogP contribution is -2.19. The minimum Gasteiger partial charge on any atom is -0.329 e. The van der Waals surface area contributed by atoms with Crippen LogP contribution in [0.25, 0.3) is 0 Å². The van der Waals surface area contributed by atoms with Gasteiger partial charge in [0.15, 0.2) is 0 Å². The average Bonchev–Trinajstić information content (AvgIpc) is 2.10. The third-order valence-corrected chi connectivity index (χ3v) is 2.26. The zero-order chi connectivity index (χ0) is 6.85. The van der Waals surface area contributed by atoms with Crippen molar-refractivity contribution < 1.29 is 4.79 Å². The van der Waals surface area contributed by atoms with Gasteiger partial charge in [-0.3, -0.25) is 4.79 Å². The molecule has 1 fully saturated rings. The lowest BCUT2D eigenvalue weighted by molar-refractivity contribution is -0.118. The predicted molar refractivity (Wildman–Crippen MR) is 39.2 cm³/mol. The SMILES string of the molecule is C=C1CC(SC)C(=O)N1. The normalized spacial score (nSPS) is 26.6. The fraction of sp³-hybridized carbons (Fsp3) is 0.500. The maximum Gasteiger partial charge on any atom is 0.237 e. The molecule has 2 nitrogen and oxygen atoms in total. The van der Waals surface area contributed by atoms with Gasteiger partial charge in [0.2, 0.25) is 5.91 Å². The van der Waals surface area contributed by atoms with Crippen molar-refractivity contribution in [1.29, 1.82) is 0 Å². The summed E-state index contributed by atoms with van der Waals surface area (Å²) in [6.07, 6.45) is 2.73. The number of rotatable bonds is 1. The Morgan fingerprint density at radius 1 is 1.89 bits per heavy atom. The van der Waals surface area contributed by atoms with Crippen LogP contribution in [0, 0.1) is 0 Å². The molecule has 1 heterocycles. The Kier molecular flexibility index (Phi) is 1.81. The molecule has 1 saturated heterocycles. The Morgan fingerprint density at radius 2 is 2.56 bits per heavy atom. The minimum absolute atomic E-state index is 0.104. The lowest BCUT2D eigenvalue weighted by Gasteiger charge is -1.96. The highest BCUT2D eigenvalue weighted by molar-refractivity contribution is 7.99. The molecular formula is C6H9NOS. The Hall–Kier alpha value is -0.440. The maximum atomic E-state index is 10.8. The fourth-order valence-electron chi connectivity index (χ4n) is 0.813. The van der Waals surface area contributed by atoms with Gasteiger partial charge in [0, 0.05) is 12.1 Å². The van der Waals surface area contributed by atoms with Crippen LogP contribution in [-0.4, -0.2) is 17.4 Å². The van der Waals surface area contributed by atoms with Gasteiger partial charge in [-0.05, 0) is 6.26 Å². The number of carbonyl (C=O) groups is 1. The second-order valence-electron chi connectivity index (χ2n) is 2.02. The van der Waals surface area contributed by atoms with Gasteiger partial charge in [-0.15, -0.1) is 0 Å². The molecule has 1 N–H and O–H groups in total. The number of hydrogen-bond donors (Lipinski definition) is 1. The smallest absolute Gasteiger partial charge is 0.237 e. The molecular weight excluding hydrogens is 134 g/mol. The van der Waals surface area contributed by atoms with E-state index in [1.165, 1.54) is 0 Å². The Labute approximate surface area is 58.7 Å². The molecule has 0 saturated carbocycles. The highest BCUT2D eigenvalue weighted by Gasteiger charge is 2.25. The Morgan fingerprint density at radius 3 is 2.78 bits per heavy atom. The van der Waals surface area contributed by atoms with Crippen LogP contribution in [0.1, 0.15) is 6.42 Å². The first-order valence-electron chi connectivity index (χ1n) is 2.75. The van der Waals surface area contributed by atoms with Crippen LogP contribution in [0.5, 0.6) is 0 Å². The van der Waals surface area contributed by atoms with E-state index in [1.54, 1.807) is 11.8 Å². The minimum atomic E-state index is 0.104. The Bertz CT molecular complexity index is 155. The standard InChI is InChI=1S/C6H9NOS/c1-4-3-5(9-2)6(8)7-4/h5H,1,3H2,2H3,(H,7,8). The zero-order valence-corrected chi connectivity index (χ0v) is 6.12. The van der Waals surface area contributed by atoms with E-state index in [1.807, 2.05) is 6.26 Å². The first-order chi connectivity index (χ1) is 4.24. The molecule has 3 heteroatoms. The molecule has 1 amide bonds. The van der Waals surface area contributed by atoms with Gasteiger partial charge >= 0.3 is 0 Å². The van der Waals surface area contributed by atoms with E-state index in [-0.39, 0.29) is 11.2 Å². The van der Waals surface area contributed by atoms with Crippen LogP contribution >= 0.6 is 11.8 Å². The van der Waals surface area contributed by atoms with E-state index in [0.29, 0.717) is 0 Å². The third kappa shape index (κ3) is 1.27. The molecule has 9 heavy (non-hydrogen) atoms. The maximum absolute atomic E-state index is 10.8. The van der Waals surface area contributed by atoms with Crippen molar-refractivity contribution in [2.75, 3.05) is 6.26 Å². The zero-order valence-electron chi connectivity index (χ0n) is 5.31. The van der Waals surface area contributed by atoms with E-state index in [9.17, 15) is 4.79 Å². The van der Waals surface area contributed by atoms with Crippen LogP contribution in [-0.2, 0) is 4.79 Å². The van der Waals surface area contributed by atoms with Crippen LogP contribution in [0.3, 0.4) is 0 Å².